The second-order valence-corrected chi connectivity index (χ2v) is 5.82. The Morgan fingerprint density at radius 1 is 1.37 bits per heavy atom. The molecule has 1 aromatic heterocycles. The number of rotatable bonds is 6. The highest BCUT2D eigenvalue weighted by Gasteiger charge is 2.18. The predicted molar refractivity (Wildman–Crippen MR) is 77.4 cm³/mol. The van der Waals surface area contributed by atoms with Crippen LogP contribution in [-0.4, -0.2) is 22.4 Å². The van der Waals surface area contributed by atoms with E-state index in [1.807, 2.05) is 0 Å². The summed E-state index contributed by atoms with van der Waals surface area (Å²) in [5.41, 5.74) is 5.58. The van der Waals surface area contributed by atoms with Gasteiger partial charge in [-0.2, -0.15) is 0 Å². The first-order chi connectivity index (χ1) is 8.82. The molecule has 0 aliphatic heterocycles. The Kier molecular flexibility index (Phi) is 5.97. The van der Waals surface area contributed by atoms with Gasteiger partial charge in [-0.15, -0.1) is 0 Å². The van der Waals surface area contributed by atoms with Gasteiger partial charge in [-0.05, 0) is 36.4 Å². The van der Waals surface area contributed by atoms with Crippen LogP contribution < -0.4 is 11.1 Å². The third kappa shape index (κ3) is 6.18. The maximum Gasteiger partial charge on any atom is 0.225 e. The quantitative estimate of drug-likeness (QED) is 0.625. The lowest BCUT2D eigenvalue weighted by Gasteiger charge is -2.23. The molecule has 0 aliphatic carbocycles. The second kappa shape index (κ2) is 7.03. The molecule has 7 heteroatoms. The van der Waals surface area contributed by atoms with E-state index in [4.69, 9.17) is 28.9 Å². The van der Waals surface area contributed by atoms with Gasteiger partial charge >= 0.3 is 0 Å². The van der Waals surface area contributed by atoms with Crippen LogP contribution in [-0.2, 0) is 4.79 Å². The van der Waals surface area contributed by atoms with Crippen molar-refractivity contribution in [2.75, 3.05) is 11.9 Å². The summed E-state index contributed by atoms with van der Waals surface area (Å²) in [5.74, 6) is 0.183. The van der Waals surface area contributed by atoms with Crippen molar-refractivity contribution >= 4 is 34.9 Å². The van der Waals surface area contributed by atoms with Crippen LogP contribution >= 0.6 is 23.2 Å². The first-order valence-corrected chi connectivity index (χ1v) is 6.78. The van der Waals surface area contributed by atoms with E-state index < -0.39 is 0 Å². The van der Waals surface area contributed by atoms with E-state index in [0.29, 0.717) is 18.8 Å². The molecule has 5 nitrogen and oxygen atoms in total. The first-order valence-electron chi connectivity index (χ1n) is 6.02. The number of nitrogens with zero attached hydrogens (tertiary/aromatic N) is 2. The van der Waals surface area contributed by atoms with E-state index in [2.05, 4.69) is 29.1 Å². The molecule has 0 bridgehead atoms. The summed E-state index contributed by atoms with van der Waals surface area (Å²) < 4.78 is 0. The van der Waals surface area contributed by atoms with Crippen molar-refractivity contribution in [2.24, 2.45) is 11.1 Å². The fourth-order valence-corrected chi connectivity index (χ4v) is 2.04. The van der Waals surface area contributed by atoms with Gasteiger partial charge in [0.05, 0.1) is 0 Å². The highest BCUT2D eigenvalue weighted by Crippen LogP contribution is 2.26. The normalized spacial score (nSPS) is 11.4. The molecule has 0 unspecified atom stereocenters. The van der Waals surface area contributed by atoms with Crippen molar-refractivity contribution < 1.29 is 4.79 Å². The summed E-state index contributed by atoms with van der Waals surface area (Å²) in [6, 6.07) is 1.45. The number of hydrogen-bond acceptors (Lipinski definition) is 4. The molecule has 0 atom stereocenters. The monoisotopic (exact) mass is 304 g/mol. The molecule has 1 rings (SSSR count). The summed E-state index contributed by atoms with van der Waals surface area (Å²) in [4.78, 5) is 19.4. The van der Waals surface area contributed by atoms with E-state index in [-0.39, 0.29) is 21.8 Å². The van der Waals surface area contributed by atoms with E-state index in [9.17, 15) is 4.79 Å². The fraction of sp³-hybridized carbons (Fsp3) is 0.583. The number of aromatic nitrogens is 2. The summed E-state index contributed by atoms with van der Waals surface area (Å²) in [7, 11) is 0. The minimum atomic E-state index is -0.129. The van der Waals surface area contributed by atoms with Gasteiger partial charge < -0.3 is 11.1 Å². The summed E-state index contributed by atoms with van der Waals surface area (Å²) in [6.07, 6.45) is 2.03. The first kappa shape index (κ1) is 16.1. The highest BCUT2D eigenvalue weighted by molar-refractivity contribution is 6.32. The molecule has 1 aromatic rings. The van der Waals surface area contributed by atoms with Crippen molar-refractivity contribution in [3.8, 4) is 0 Å². The average molecular weight is 305 g/mol. The Morgan fingerprint density at radius 3 is 2.63 bits per heavy atom. The molecule has 1 amide bonds. The topological polar surface area (TPSA) is 80.9 Å². The molecule has 1 heterocycles. The lowest BCUT2D eigenvalue weighted by atomic mass is 9.84. The van der Waals surface area contributed by atoms with Crippen molar-refractivity contribution in [3.05, 3.63) is 16.5 Å². The standard InChI is InChI=1S/C12H18Cl2N4O/c1-12(2,5-6-15)4-3-10(19)17-9-7-8(13)16-11(14)18-9/h7H,3-6,15H2,1-2H3,(H,16,17,18,19). The molecule has 0 aromatic carbocycles. The zero-order valence-electron chi connectivity index (χ0n) is 11.0. The number of nitrogens with two attached hydrogens (primary N) is 1. The maximum atomic E-state index is 11.8. The third-order valence-corrected chi connectivity index (χ3v) is 3.15. The van der Waals surface area contributed by atoms with Crippen molar-refractivity contribution in [1.82, 2.24) is 9.97 Å². The van der Waals surface area contributed by atoms with Gasteiger partial charge in [0.2, 0.25) is 11.2 Å². The Morgan fingerprint density at radius 2 is 2.05 bits per heavy atom. The van der Waals surface area contributed by atoms with Crippen LogP contribution in [0.5, 0.6) is 0 Å². The molecule has 0 radical (unpaired) electrons. The smallest absolute Gasteiger partial charge is 0.225 e. The third-order valence-electron chi connectivity index (χ3n) is 2.79. The molecule has 106 valence electrons. The minimum absolute atomic E-state index is 0.00580. The zero-order chi connectivity index (χ0) is 14.5. The van der Waals surface area contributed by atoms with Gasteiger partial charge in [0.15, 0.2) is 0 Å². The highest BCUT2D eigenvalue weighted by atomic mass is 35.5. The molecule has 19 heavy (non-hydrogen) atoms. The molecular weight excluding hydrogens is 287 g/mol. The molecule has 0 fully saturated rings. The molecule has 0 aliphatic rings. The van der Waals surface area contributed by atoms with Crippen molar-refractivity contribution in [3.63, 3.8) is 0 Å². The van der Waals surface area contributed by atoms with Gasteiger partial charge in [0, 0.05) is 12.5 Å². The van der Waals surface area contributed by atoms with Crippen LogP contribution in [0.2, 0.25) is 10.4 Å². The lowest BCUT2D eigenvalue weighted by molar-refractivity contribution is -0.116. The summed E-state index contributed by atoms with van der Waals surface area (Å²) >= 11 is 11.4. The van der Waals surface area contributed by atoms with Gasteiger partial charge in [0.25, 0.3) is 0 Å². The molecule has 0 saturated heterocycles. The summed E-state index contributed by atoms with van der Waals surface area (Å²) in [5, 5.41) is 2.85. The minimum Gasteiger partial charge on any atom is -0.330 e. The van der Waals surface area contributed by atoms with Crippen LogP contribution in [0.25, 0.3) is 0 Å². The number of halogens is 2. The van der Waals surface area contributed by atoms with Gasteiger partial charge in [-0.3, -0.25) is 4.79 Å². The van der Waals surface area contributed by atoms with Crippen molar-refractivity contribution in [1.29, 1.82) is 0 Å². The number of carbonyl (C=O) groups is 1. The Hall–Kier alpha value is -0.910. The van der Waals surface area contributed by atoms with Gasteiger partial charge in [-0.1, -0.05) is 25.4 Å². The van der Waals surface area contributed by atoms with E-state index in [0.717, 1.165) is 12.8 Å². The molecule has 0 spiro atoms. The Bertz CT molecular complexity index is 431. The van der Waals surface area contributed by atoms with Crippen LogP contribution in [0.15, 0.2) is 6.07 Å². The predicted octanol–water partition coefficient (Wildman–Crippen LogP) is 2.88. The number of amides is 1. The fourth-order valence-electron chi connectivity index (χ4n) is 1.63. The van der Waals surface area contributed by atoms with E-state index in [1.54, 1.807) is 0 Å². The number of hydrogen-bond donors (Lipinski definition) is 2. The van der Waals surface area contributed by atoms with Crippen molar-refractivity contribution in [2.45, 2.75) is 33.1 Å². The van der Waals surface area contributed by atoms with E-state index >= 15 is 0 Å². The van der Waals surface area contributed by atoms with Gasteiger partial charge in [0.1, 0.15) is 11.0 Å². The number of anilines is 1. The molecule has 0 saturated carbocycles. The molecular formula is C12H18Cl2N4O. The van der Waals surface area contributed by atoms with Crippen LogP contribution in [0.3, 0.4) is 0 Å². The van der Waals surface area contributed by atoms with Crippen LogP contribution in [0.4, 0.5) is 5.82 Å². The van der Waals surface area contributed by atoms with Crippen LogP contribution in [0, 0.1) is 5.41 Å². The maximum absolute atomic E-state index is 11.8. The SMILES string of the molecule is CC(C)(CCN)CCC(=O)Nc1cc(Cl)nc(Cl)n1. The Balaban J connectivity index is 2.51. The van der Waals surface area contributed by atoms with E-state index in [1.165, 1.54) is 6.07 Å². The number of carbonyl (C=O) groups excluding carboxylic acids is 1. The second-order valence-electron chi connectivity index (χ2n) is 5.10. The average Bonchev–Trinajstić information content (AvgIpc) is 2.25. The molecule has 3 N–H and O–H groups in total. The summed E-state index contributed by atoms with van der Waals surface area (Å²) in [6.45, 7) is 4.79. The van der Waals surface area contributed by atoms with Gasteiger partial charge in [-0.25, -0.2) is 9.97 Å². The Labute approximate surface area is 122 Å². The zero-order valence-corrected chi connectivity index (χ0v) is 12.6. The lowest BCUT2D eigenvalue weighted by Crippen LogP contribution is -2.21. The van der Waals surface area contributed by atoms with Crippen LogP contribution in [0.1, 0.15) is 33.1 Å². The largest absolute Gasteiger partial charge is 0.330 e. The number of nitrogens with one attached hydrogen (secondary N) is 1.